The van der Waals surface area contributed by atoms with Crippen molar-refractivity contribution in [1.29, 1.82) is 0 Å². The molecule has 0 saturated carbocycles. The minimum absolute atomic E-state index is 0.0215. The average molecular weight is 338 g/mol. The van der Waals surface area contributed by atoms with Crippen molar-refractivity contribution in [3.63, 3.8) is 0 Å². The summed E-state index contributed by atoms with van der Waals surface area (Å²) in [6.45, 7) is 1.28. The molecule has 2 aromatic heterocycles. The van der Waals surface area contributed by atoms with Crippen LogP contribution in [0.2, 0.25) is 0 Å². The van der Waals surface area contributed by atoms with Gasteiger partial charge in [0.05, 0.1) is 17.5 Å². The summed E-state index contributed by atoms with van der Waals surface area (Å²) in [4.78, 5) is 4.55. The number of β-amino-alcohol motifs (C(OH)–C–C–N with tert-alkyl or cyclic N) is 1. The maximum absolute atomic E-state index is 13.2. The van der Waals surface area contributed by atoms with Crippen molar-refractivity contribution in [2.24, 2.45) is 7.05 Å². The van der Waals surface area contributed by atoms with E-state index in [1.54, 1.807) is 16.8 Å². The van der Waals surface area contributed by atoms with Gasteiger partial charge in [0, 0.05) is 49.6 Å². The van der Waals surface area contributed by atoms with Crippen LogP contribution in [0.15, 0.2) is 48.8 Å². The van der Waals surface area contributed by atoms with Gasteiger partial charge < -0.3 is 10.4 Å². The lowest BCUT2D eigenvalue weighted by atomic mass is 9.91. The second-order valence-electron chi connectivity index (χ2n) is 6.37. The molecule has 3 heterocycles. The van der Waals surface area contributed by atoms with Crippen LogP contribution in [0.5, 0.6) is 0 Å². The third-order valence-corrected chi connectivity index (χ3v) is 4.65. The van der Waals surface area contributed by atoms with Crippen molar-refractivity contribution >= 4 is 0 Å². The van der Waals surface area contributed by atoms with Gasteiger partial charge in [0.15, 0.2) is 0 Å². The van der Waals surface area contributed by atoms with E-state index in [4.69, 9.17) is 0 Å². The lowest BCUT2D eigenvalue weighted by molar-refractivity contribution is 0.178. The Morgan fingerprint density at radius 2 is 1.96 bits per heavy atom. The molecule has 25 heavy (non-hydrogen) atoms. The van der Waals surface area contributed by atoms with Gasteiger partial charge in [-0.2, -0.15) is 5.10 Å². The zero-order chi connectivity index (χ0) is 17.4. The zero-order valence-corrected chi connectivity index (χ0v) is 13.9. The third-order valence-electron chi connectivity index (χ3n) is 4.65. The Balaban J connectivity index is 1.83. The van der Waals surface area contributed by atoms with Gasteiger partial charge in [-0.25, -0.2) is 4.39 Å². The summed E-state index contributed by atoms with van der Waals surface area (Å²) in [6.07, 6.45) is 3.25. The Bertz CT molecular complexity index is 891. The molecule has 1 saturated heterocycles. The van der Waals surface area contributed by atoms with E-state index >= 15 is 0 Å². The summed E-state index contributed by atoms with van der Waals surface area (Å²) in [5.74, 6) is -0.294. The number of aryl methyl sites for hydroxylation is 1. The Morgan fingerprint density at radius 1 is 1.16 bits per heavy atom. The second-order valence-corrected chi connectivity index (χ2v) is 6.37. The fraction of sp³-hybridized carbons (Fsp3) is 0.263. The molecule has 0 radical (unpaired) electrons. The van der Waals surface area contributed by atoms with Gasteiger partial charge in [-0.3, -0.25) is 9.67 Å². The highest BCUT2D eigenvalue weighted by Gasteiger charge is 2.29. The first-order chi connectivity index (χ1) is 12.1. The van der Waals surface area contributed by atoms with E-state index in [1.807, 2.05) is 31.6 Å². The topological polar surface area (TPSA) is 63.0 Å². The minimum atomic E-state index is -0.444. The van der Waals surface area contributed by atoms with Gasteiger partial charge >= 0.3 is 0 Å². The standard InChI is InChI=1S/C19H19FN4O/c1-24-7-6-17(23-24)14-8-18(12-2-4-13(20)5-3-12)22-10-15(14)16-9-21-11-19(16)25/h2-8,10,16,19,21,25H,9,11H2,1H3. The number of aliphatic hydroxyl groups excluding tert-OH is 1. The van der Waals surface area contributed by atoms with Crippen LogP contribution in [0, 0.1) is 5.82 Å². The van der Waals surface area contributed by atoms with E-state index in [-0.39, 0.29) is 11.7 Å². The lowest BCUT2D eigenvalue weighted by Crippen LogP contribution is -2.17. The highest BCUT2D eigenvalue weighted by molar-refractivity contribution is 5.71. The number of benzene rings is 1. The smallest absolute Gasteiger partial charge is 0.123 e. The van der Waals surface area contributed by atoms with Crippen LogP contribution < -0.4 is 5.32 Å². The molecule has 4 rings (SSSR count). The Labute approximate surface area is 145 Å². The molecule has 1 aromatic carbocycles. The molecule has 6 heteroatoms. The van der Waals surface area contributed by atoms with Crippen molar-refractivity contribution in [2.45, 2.75) is 12.0 Å². The molecular weight excluding hydrogens is 319 g/mol. The number of halogens is 1. The van der Waals surface area contributed by atoms with Crippen LogP contribution in [-0.4, -0.2) is 39.1 Å². The molecule has 3 aromatic rings. The maximum Gasteiger partial charge on any atom is 0.123 e. The molecule has 2 unspecified atom stereocenters. The van der Waals surface area contributed by atoms with E-state index in [0.29, 0.717) is 13.1 Å². The first-order valence-corrected chi connectivity index (χ1v) is 8.26. The number of aromatic nitrogens is 3. The van der Waals surface area contributed by atoms with Crippen LogP contribution in [0.25, 0.3) is 22.5 Å². The molecule has 1 aliphatic heterocycles. The Kier molecular flexibility index (Phi) is 4.07. The Hall–Kier alpha value is -2.57. The summed E-state index contributed by atoms with van der Waals surface area (Å²) >= 11 is 0. The van der Waals surface area contributed by atoms with Gasteiger partial charge in [-0.1, -0.05) is 0 Å². The monoisotopic (exact) mass is 338 g/mol. The number of nitrogens with one attached hydrogen (secondary N) is 1. The number of rotatable bonds is 3. The highest BCUT2D eigenvalue weighted by atomic mass is 19.1. The summed E-state index contributed by atoms with van der Waals surface area (Å²) in [5, 5.41) is 18.0. The molecule has 5 nitrogen and oxygen atoms in total. The van der Waals surface area contributed by atoms with Gasteiger partial charge in [0.25, 0.3) is 0 Å². The molecule has 0 spiro atoms. The lowest BCUT2D eigenvalue weighted by Gasteiger charge is -2.18. The van der Waals surface area contributed by atoms with Crippen LogP contribution in [0.1, 0.15) is 11.5 Å². The van der Waals surface area contributed by atoms with E-state index in [2.05, 4.69) is 15.4 Å². The molecule has 0 aliphatic carbocycles. The number of nitrogens with zero attached hydrogens (tertiary/aromatic N) is 3. The molecule has 1 aliphatic rings. The van der Waals surface area contributed by atoms with Crippen LogP contribution in [0.3, 0.4) is 0 Å². The maximum atomic E-state index is 13.2. The van der Waals surface area contributed by atoms with Crippen molar-refractivity contribution in [2.75, 3.05) is 13.1 Å². The summed E-state index contributed by atoms with van der Waals surface area (Å²) in [7, 11) is 1.87. The van der Waals surface area contributed by atoms with Gasteiger partial charge in [0.2, 0.25) is 0 Å². The van der Waals surface area contributed by atoms with E-state index in [0.717, 1.165) is 28.1 Å². The fourth-order valence-corrected chi connectivity index (χ4v) is 3.30. The van der Waals surface area contributed by atoms with Crippen molar-refractivity contribution in [1.82, 2.24) is 20.1 Å². The molecule has 2 atom stereocenters. The largest absolute Gasteiger partial charge is 0.391 e. The van der Waals surface area contributed by atoms with Gasteiger partial charge in [-0.05, 0) is 42.0 Å². The van der Waals surface area contributed by atoms with Crippen LogP contribution in [0.4, 0.5) is 4.39 Å². The first kappa shape index (κ1) is 15.9. The third kappa shape index (κ3) is 3.06. The normalized spacial score (nSPS) is 20.1. The second kappa shape index (κ2) is 6.38. The number of pyridine rings is 1. The summed E-state index contributed by atoms with van der Waals surface area (Å²) in [6, 6.07) is 10.2. The highest BCUT2D eigenvalue weighted by Crippen LogP contribution is 2.34. The SMILES string of the molecule is Cn1ccc(-c2cc(-c3ccc(F)cc3)ncc2C2CNCC2O)n1. The molecular formula is C19H19FN4O. The molecule has 0 amide bonds. The number of hydrogen-bond acceptors (Lipinski definition) is 4. The van der Waals surface area contributed by atoms with Crippen LogP contribution >= 0.6 is 0 Å². The quantitative estimate of drug-likeness (QED) is 0.769. The molecule has 1 fully saturated rings. The number of hydrogen-bond donors (Lipinski definition) is 2. The van der Waals surface area contributed by atoms with E-state index < -0.39 is 6.10 Å². The number of aliphatic hydroxyl groups is 1. The fourth-order valence-electron chi connectivity index (χ4n) is 3.30. The van der Waals surface area contributed by atoms with E-state index in [9.17, 15) is 9.50 Å². The predicted molar refractivity (Wildman–Crippen MR) is 93.5 cm³/mol. The summed E-state index contributed by atoms with van der Waals surface area (Å²) in [5.41, 5.74) is 4.35. The zero-order valence-electron chi connectivity index (χ0n) is 13.9. The van der Waals surface area contributed by atoms with Crippen molar-refractivity contribution in [3.8, 4) is 22.5 Å². The van der Waals surface area contributed by atoms with Gasteiger partial charge in [-0.15, -0.1) is 0 Å². The first-order valence-electron chi connectivity index (χ1n) is 8.26. The van der Waals surface area contributed by atoms with Crippen molar-refractivity contribution < 1.29 is 9.50 Å². The van der Waals surface area contributed by atoms with Gasteiger partial charge in [0.1, 0.15) is 5.82 Å². The minimum Gasteiger partial charge on any atom is -0.391 e. The molecule has 2 N–H and O–H groups in total. The molecule has 128 valence electrons. The van der Waals surface area contributed by atoms with Crippen molar-refractivity contribution in [3.05, 3.63) is 60.2 Å². The summed E-state index contributed by atoms with van der Waals surface area (Å²) < 4.78 is 14.9. The predicted octanol–water partition coefficient (Wildman–Crippen LogP) is 2.34. The Morgan fingerprint density at radius 3 is 2.60 bits per heavy atom. The van der Waals surface area contributed by atoms with Crippen LogP contribution in [-0.2, 0) is 7.05 Å². The average Bonchev–Trinajstić information content (AvgIpc) is 3.23. The molecule has 0 bridgehead atoms. The van der Waals surface area contributed by atoms with E-state index in [1.165, 1.54) is 12.1 Å².